The molecule has 0 saturated carbocycles. The largest absolute Gasteiger partial charge is 0.326 e. The standard InChI is InChI=1S/C16H10BrClF2N2/c17-12-5-11(6-13(18)7-12)16-21-3-4-22(16)9-10-1-2-14(19)8-15(10)20/h1-8H,9H2. The molecule has 0 N–H and O–H groups in total. The Labute approximate surface area is 139 Å². The fourth-order valence-electron chi connectivity index (χ4n) is 2.21. The molecule has 112 valence electrons. The topological polar surface area (TPSA) is 17.8 Å². The molecule has 6 heteroatoms. The highest BCUT2D eigenvalue weighted by Crippen LogP contribution is 2.27. The van der Waals surface area contributed by atoms with Crippen LogP contribution in [-0.2, 0) is 6.54 Å². The quantitative estimate of drug-likeness (QED) is 0.601. The molecule has 0 atom stereocenters. The van der Waals surface area contributed by atoms with E-state index < -0.39 is 11.6 Å². The van der Waals surface area contributed by atoms with Crippen LogP contribution in [0.5, 0.6) is 0 Å². The zero-order valence-electron chi connectivity index (χ0n) is 11.2. The van der Waals surface area contributed by atoms with E-state index in [9.17, 15) is 8.78 Å². The van der Waals surface area contributed by atoms with E-state index in [1.807, 2.05) is 6.07 Å². The van der Waals surface area contributed by atoms with Crippen LogP contribution in [0.2, 0.25) is 5.02 Å². The summed E-state index contributed by atoms with van der Waals surface area (Å²) < 4.78 is 29.4. The van der Waals surface area contributed by atoms with Gasteiger partial charge >= 0.3 is 0 Å². The third-order valence-electron chi connectivity index (χ3n) is 3.19. The first-order valence-electron chi connectivity index (χ1n) is 6.44. The van der Waals surface area contributed by atoms with Crippen molar-refractivity contribution < 1.29 is 8.78 Å². The van der Waals surface area contributed by atoms with Crippen molar-refractivity contribution in [2.75, 3.05) is 0 Å². The van der Waals surface area contributed by atoms with Gasteiger partial charge in [0.15, 0.2) is 0 Å². The summed E-state index contributed by atoms with van der Waals surface area (Å²) in [5.74, 6) is -0.510. The molecule has 0 aliphatic rings. The number of hydrogen-bond donors (Lipinski definition) is 0. The van der Waals surface area contributed by atoms with Crippen LogP contribution in [-0.4, -0.2) is 9.55 Å². The fraction of sp³-hybridized carbons (Fsp3) is 0.0625. The Morgan fingerprint density at radius 1 is 1.14 bits per heavy atom. The maximum absolute atomic E-state index is 13.8. The van der Waals surface area contributed by atoms with Gasteiger partial charge in [0.25, 0.3) is 0 Å². The van der Waals surface area contributed by atoms with Gasteiger partial charge in [-0.25, -0.2) is 13.8 Å². The summed E-state index contributed by atoms with van der Waals surface area (Å²) in [5, 5.41) is 0.576. The van der Waals surface area contributed by atoms with Crippen LogP contribution in [0.25, 0.3) is 11.4 Å². The van der Waals surface area contributed by atoms with Gasteiger partial charge in [-0.15, -0.1) is 0 Å². The number of nitrogens with zero attached hydrogens (tertiary/aromatic N) is 2. The molecule has 1 aromatic heterocycles. The van der Waals surface area contributed by atoms with E-state index in [2.05, 4.69) is 20.9 Å². The SMILES string of the molecule is Fc1ccc(Cn2ccnc2-c2cc(Cl)cc(Br)c2)c(F)c1. The van der Waals surface area contributed by atoms with Crippen molar-refractivity contribution in [2.45, 2.75) is 6.54 Å². The Balaban J connectivity index is 1.98. The first-order valence-corrected chi connectivity index (χ1v) is 7.61. The number of hydrogen-bond acceptors (Lipinski definition) is 1. The summed E-state index contributed by atoms with van der Waals surface area (Å²) in [6.07, 6.45) is 3.37. The number of aromatic nitrogens is 2. The molecular formula is C16H10BrClF2N2. The fourth-order valence-corrected chi connectivity index (χ4v) is 3.07. The molecule has 0 aliphatic heterocycles. The monoisotopic (exact) mass is 382 g/mol. The van der Waals surface area contributed by atoms with Crippen molar-refractivity contribution in [3.63, 3.8) is 0 Å². The Morgan fingerprint density at radius 3 is 2.68 bits per heavy atom. The summed E-state index contributed by atoms with van der Waals surface area (Å²) in [6, 6.07) is 8.99. The normalized spacial score (nSPS) is 10.9. The summed E-state index contributed by atoms with van der Waals surface area (Å²) in [4.78, 5) is 4.30. The van der Waals surface area contributed by atoms with E-state index in [0.29, 0.717) is 16.4 Å². The molecule has 0 saturated heterocycles. The maximum Gasteiger partial charge on any atom is 0.140 e. The molecule has 2 nitrogen and oxygen atoms in total. The molecule has 3 aromatic rings. The average molecular weight is 384 g/mol. The second-order valence-corrected chi connectivity index (χ2v) is 6.12. The van der Waals surface area contributed by atoms with E-state index in [4.69, 9.17) is 11.6 Å². The smallest absolute Gasteiger partial charge is 0.140 e. The minimum Gasteiger partial charge on any atom is -0.326 e. The minimum atomic E-state index is -0.592. The molecule has 3 rings (SSSR count). The van der Waals surface area contributed by atoms with Crippen LogP contribution in [0.15, 0.2) is 53.3 Å². The van der Waals surface area contributed by atoms with Crippen LogP contribution in [0, 0.1) is 11.6 Å². The predicted octanol–water partition coefficient (Wildman–Crippen LogP) is 5.29. The first-order chi connectivity index (χ1) is 10.5. The average Bonchev–Trinajstić information content (AvgIpc) is 2.89. The van der Waals surface area contributed by atoms with E-state index >= 15 is 0 Å². The summed E-state index contributed by atoms with van der Waals surface area (Å²) in [6.45, 7) is 0.256. The van der Waals surface area contributed by atoms with Gasteiger partial charge in [-0.2, -0.15) is 0 Å². The van der Waals surface area contributed by atoms with E-state index in [-0.39, 0.29) is 6.54 Å². The molecule has 0 spiro atoms. The zero-order chi connectivity index (χ0) is 15.7. The minimum absolute atomic E-state index is 0.256. The number of halogens is 4. The van der Waals surface area contributed by atoms with Gasteiger partial charge in [0.05, 0.1) is 6.54 Å². The van der Waals surface area contributed by atoms with Crippen LogP contribution < -0.4 is 0 Å². The molecular weight excluding hydrogens is 374 g/mol. The first kappa shape index (κ1) is 15.2. The maximum atomic E-state index is 13.8. The summed E-state index contributed by atoms with van der Waals surface area (Å²) >= 11 is 9.44. The summed E-state index contributed by atoms with van der Waals surface area (Å²) in [5.41, 5.74) is 1.20. The molecule has 22 heavy (non-hydrogen) atoms. The van der Waals surface area contributed by atoms with Gasteiger partial charge in [-0.05, 0) is 24.3 Å². The molecule has 0 radical (unpaired) electrons. The van der Waals surface area contributed by atoms with Gasteiger partial charge in [-0.3, -0.25) is 0 Å². The predicted molar refractivity (Wildman–Crippen MR) is 85.8 cm³/mol. The van der Waals surface area contributed by atoms with Crippen LogP contribution in [0.4, 0.5) is 8.78 Å². The van der Waals surface area contributed by atoms with Crippen molar-refractivity contribution in [1.29, 1.82) is 0 Å². The van der Waals surface area contributed by atoms with E-state index in [0.717, 1.165) is 16.1 Å². The second kappa shape index (κ2) is 6.18. The van der Waals surface area contributed by atoms with Crippen molar-refractivity contribution in [3.05, 3.63) is 75.5 Å². The lowest BCUT2D eigenvalue weighted by atomic mass is 10.2. The highest BCUT2D eigenvalue weighted by molar-refractivity contribution is 9.10. The molecule has 1 heterocycles. The van der Waals surface area contributed by atoms with Gasteiger partial charge in [0, 0.05) is 39.1 Å². The van der Waals surface area contributed by atoms with Crippen LogP contribution in [0.3, 0.4) is 0 Å². The molecule has 0 bridgehead atoms. The number of benzene rings is 2. The van der Waals surface area contributed by atoms with Gasteiger partial charge in [0.2, 0.25) is 0 Å². The van der Waals surface area contributed by atoms with Gasteiger partial charge in [-0.1, -0.05) is 33.6 Å². The van der Waals surface area contributed by atoms with Crippen molar-refractivity contribution in [1.82, 2.24) is 9.55 Å². The van der Waals surface area contributed by atoms with E-state index in [1.165, 1.54) is 12.1 Å². The van der Waals surface area contributed by atoms with Crippen molar-refractivity contribution >= 4 is 27.5 Å². The molecule has 2 aromatic carbocycles. The Hall–Kier alpha value is -1.72. The second-order valence-electron chi connectivity index (χ2n) is 4.77. The lowest BCUT2D eigenvalue weighted by Gasteiger charge is -2.10. The zero-order valence-corrected chi connectivity index (χ0v) is 13.6. The Morgan fingerprint density at radius 2 is 1.95 bits per heavy atom. The van der Waals surface area contributed by atoms with Gasteiger partial charge < -0.3 is 4.57 Å². The third-order valence-corrected chi connectivity index (χ3v) is 3.87. The Kier molecular flexibility index (Phi) is 4.27. The Bertz CT molecular complexity index is 813. The van der Waals surface area contributed by atoms with Crippen molar-refractivity contribution in [3.8, 4) is 11.4 Å². The van der Waals surface area contributed by atoms with Crippen molar-refractivity contribution in [2.24, 2.45) is 0 Å². The summed E-state index contributed by atoms with van der Waals surface area (Å²) in [7, 11) is 0. The number of rotatable bonds is 3. The number of imidazole rings is 1. The third kappa shape index (κ3) is 3.20. The van der Waals surface area contributed by atoms with E-state index in [1.54, 1.807) is 29.1 Å². The highest BCUT2D eigenvalue weighted by Gasteiger charge is 2.11. The highest BCUT2D eigenvalue weighted by atomic mass is 79.9. The molecule has 0 unspecified atom stereocenters. The molecule has 0 aliphatic carbocycles. The molecule has 0 fully saturated rings. The van der Waals surface area contributed by atoms with Crippen LogP contribution >= 0.6 is 27.5 Å². The van der Waals surface area contributed by atoms with Crippen LogP contribution in [0.1, 0.15) is 5.56 Å². The lowest BCUT2D eigenvalue weighted by Crippen LogP contribution is -2.03. The van der Waals surface area contributed by atoms with Gasteiger partial charge in [0.1, 0.15) is 17.5 Å². The molecule has 0 amide bonds. The lowest BCUT2D eigenvalue weighted by molar-refractivity contribution is 0.566.